The number of fused-ring (bicyclic) bond motifs is 2. The fraction of sp³-hybridized carbons (Fsp3) is 0.259. The minimum absolute atomic E-state index is 0.0158. The van der Waals surface area contributed by atoms with Gasteiger partial charge >= 0.3 is 0 Å². The fourth-order valence-corrected chi connectivity index (χ4v) is 5.47. The van der Waals surface area contributed by atoms with E-state index in [0.717, 1.165) is 21.6 Å². The molecule has 2 aromatic carbocycles. The Morgan fingerprint density at radius 2 is 1.89 bits per heavy atom. The summed E-state index contributed by atoms with van der Waals surface area (Å²) >= 11 is 1.48. The number of Topliss-reactive ketones (excluding diaryl/α,β-unsaturated/α-hetero) is 1. The van der Waals surface area contributed by atoms with Crippen molar-refractivity contribution in [1.29, 1.82) is 0 Å². The molecule has 35 heavy (non-hydrogen) atoms. The molecule has 1 amide bonds. The van der Waals surface area contributed by atoms with E-state index in [0.29, 0.717) is 33.8 Å². The first-order valence-corrected chi connectivity index (χ1v) is 12.3. The second-order valence-corrected chi connectivity index (χ2v) is 9.93. The van der Waals surface area contributed by atoms with Gasteiger partial charge < -0.3 is 9.64 Å². The lowest BCUT2D eigenvalue weighted by atomic mass is 9.99. The van der Waals surface area contributed by atoms with E-state index in [2.05, 4.69) is 31.0 Å². The SMILES string of the molecule is CCN1C(=O)COc2ccc(C(=O)Cn3cnc4sc(C)c(-c5ccc(C)c(C)c5)c4c3=O)cc21. The Morgan fingerprint density at radius 1 is 1.09 bits per heavy atom. The molecule has 2 aromatic heterocycles. The lowest BCUT2D eigenvalue weighted by Crippen LogP contribution is -2.38. The Balaban J connectivity index is 1.53. The number of amides is 1. The summed E-state index contributed by atoms with van der Waals surface area (Å²) in [7, 11) is 0. The van der Waals surface area contributed by atoms with Gasteiger partial charge in [0.25, 0.3) is 11.5 Å². The number of rotatable bonds is 5. The number of aromatic nitrogens is 2. The molecule has 0 atom stereocenters. The maximum absolute atomic E-state index is 13.5. The van der Waals surface area contributed by atoms with E-state index in [9.17, 15) is 14.4 Å². The molecule has 0 bridgehead atoms. The summed E-state index contributed by atoms with van der Waals surface area (Å²) in [5.74, 6) is 0.169. The normalized spacial score (nSPS) is 13.1. The number of hydrogen-bond donors (Lipinski definition) is 0. The minimum atomic E-state index is -0.246. The van der Waals surface area contributed by atoms with E-state index in [-0.39, 0.29) is 30.4 Å². The zero-order valence-electron chi connectivity index (χ0n) is 20.0. The molecule has 0 fully saturated rings. The van der Waals surface area contributed by atoms with E-state index in [1.54, 1.807) is 23.1 Å². The topological polar surface area (TPSA) is 81.5 Å². The molecule has 178 valence electrons. The number of hydrogen-bond acceptors (Lipinski definition) is 6. The van der Waals surface area contributed by atoms with Gasteiger partial charge in [0.15, 0.2) is 12.4 Å². The third-order valence-electron chi connectivity index (χ3n) is 6.50. The molecular formula is C27H25N3O4S. The van der Waals surface area contributed by atoms with Crippen LogP contribution in [0.2, 0.25) is 0 Å². The molecule has 5 rings (SSSR count). The molecule has 0 aliphatic carbocycles. The monoisotopic (exact) mass is 487 g/mol. The van der Waals surface area contributed by atoms with Crippen LogP contribution in [0.25, 0.3) is 21.3 Å². The first-order chi connectivity index (χ1) is 16.8. The van der Waals surface area contributed by atoms with Crippen molar-refractivity contribution in [3.63, 3.8) is 0 Å². The molecule has 1 aliphatic heterocycles. The zero-order valence-corrected chi connectivity index (χ0v) is 20.9. The Morgan fingerprint density at radius 3 is 2.63 bits per heavy atom. The third kappa shape index (κ3) is 3.93. The third-order valence-corrected chi connectivity index (χ3v) is 7.52. The Labute approximate surface area is 206 Å². The summed E-state index contributed by atoms with van der Waals surface area (Å²) in [4.78, 5) is 46.7. The predicted molar refractivity (Wildman–Crippen MR) is 138 cm³/mol. The number of ketones is 1. The molecule has 4 aromatic rings. The van der Waals surface area contributed by atoms with E-state index in [1.165, 1.54) is 27.8 Å². The summed E-state index contributed by atoms with van der Waals surface area (Å²) in [6.45, 7) is 8.28. The van der Waals surface area contributed by atoms with Gasteiger partial charge in [0.05, 0.1) is 23.9 Å². The number of likely N-dealkylation sites (N-methyl/N-ethyl adjacent to an activating group) is 1. The Hall–Kier alpha value is -3.78. The van der Waals surface area contributed by atoms with Crippen molar-refractivity contribution < 1.29 is 14.3 Å². The molecule has 0 unspecified atom stereocenters. The van der Waals surface area contributed by atoms with Crippen molar-refractivity contribution in [2.45, 2.75) is 34.2 Å². The van der Waals surface area contributed by atoms with E-state index < -0.39 is 0 Å². The lowest BCUT2D eigenvalue weighted by Gasteiger charge is -2.28. The number of ether oxygens (including phenoxy) is 1. The van der Waals surface area contributed by atoms with Gasteiger partial charge in [-0.05, 0) is 62.6 Å². The largest absolute Gasteiger partial charge is 0.482 e. The predicted octanol–water partition coefficient (Wildman–Crippen LogP) is 4.68. The number of nitrogens with zero attached hydrogens (tertiary/aromatic N) is 3. The second kappa shape index (κ2) is 8.78. The van der Waals surface area contributed by atoms with Crippen LogP contribution in [0.4, 0.5) is 5.69 Å². The number of thiophene rings is 1. The Bertz CT molecular complexity index is 1570. The molecule has 0 N–H and O–H groups in total. The molecule has 3 heterocycles. The van der Waals surface area contributed by atoms with Gasteiger partial charge in [-0.15, -0.1) is 11.3 Å². The number of aryl methyl sites for hydroxylation is 3. The highest BCUT2D eigenvalue weighted by molar-refractivity contribution is 7.19. The first-order valence-electron chi connectivity index (χ1n) is 11.4. The molecule has 0 saturated carbocycles. The van der Waals surface area contributed by atoms with E-state index >= 15 is 0 Å². The average molecular weight is 488 g/mol. The average Bonchev–Trinajstić information content (AvgIpc) is 3.18. The van der Waals surface area contributed by atoms with Gasteiger partial charge in [-0.3, -0.25) is 19.0 Å². The number of anilines is 1. The number of benzene rings is 2. The Kier molecular flexibility index (Phi) is 5.76. The van der Waals surface area contributed by atoms with Gasteiger partial charge in [0.1, 0.15) is 10.6 Å². The van der Waals surface area contributed by atoms with Gasteiger partial charge in [0, 0.05) is 22.5 Å². The van der Waals surface area contributed by atoms with Crippen LogP contribution in [0.3, 0.4) is 0 Å². The highest BCUT2D eigenvalue weighted by atomic mass is 32.1. The van der Waals surface area contributed by atoms with Gasteiger partial charge in [0.2, 0.25) is 0 Å². The summed E-state index contributed by atoms with van der Waals surface area (Å²) in [6.07, 6.45) is 1.44. The van der Waals surface area contributed by atoms with Crippen LogP contribution in [0.5, 0.6) is 5.75 Å². The maximum Gasteiger partial charge on any atom is 0.265 e. The van der Waals surface area contributed by atoms with Crippen LogP contribution in [-0.4, -0.2) is 34.4 Å². The quantitative estimate of drug-likeness (QED) is 0.382. The molecule has 1 aliphatic rings. The summed E-state index contributed by atoms with van der Waals surface area (Å²) in [5.41, 5.74) is 4.91. The fourth-order valence-electron chi connectivity index (χ4n) is 4.46. The van der Waals surface area contributed by atoms with Crippen LogP contribution >= 0.6 is 11.3 Å². The van der Waals surface area contributed by atoms with Gasteiger partial charge in [-0.25, -0.2) is 4.98 Å². The van der Waals surface area contributed by atoms with Crippen LogP contribution < -0.4 is 15.2 Å². The highest BCUT2D eigenvalue weighted by Gasteiger charge is 2.25. The molecule has 7 nitrogen and oxygen atoms in total. The zero-order chi connectivity index (χ0) is 24.9. The lowest BCUT2D eigenvalue weighted by molar-refractivity contribution is -0.121. The molecule has 0 radical (unpaired) electrons. The second-order valence-electron chi connectivity index (χ2n) is 8.72. The standard InChI is InChI=1S/C27H25N3O4S/c1-5-30-20-11-18(8-9-22(20)34-13-23(30)32)21(31)12-29-14-28-26-25(27(29)33)24(17(4)35-26)19-7-6-15(2)16(3)10-19/h6-11,14H,5,12-13H2,1-4H3. The van der Waals surface area contributed by atoms with Crippen molar-refractivity contribution in [3.8, 4) is 16.9 Å². The maximum atomic E-state index is 13.5. The van der Waals surface area contributed by atoms with Gasteiger partial charge in [-0.2, -0.15) is 0 Å². The highest BCUT2D eigenvalue weighted by Crippen LogP contribution is 2.36. The molecule has 0 spiro atoms. The van der Waals surface area contributed by atoms with Crippen molar-refractivity contribution in [2.24, 2.45) is 0 Å². The molecule has 8 heteroatoms. The van der Waals surface area contributed by atoms with Crippen LogP contribution in [-0.2, 0) is 11.3 Å². The first kappa shape index (κ1) is 23.0. The van der Waals surface area contributed by atoms with Gasteiger partial charge in [-0.1, -0.05) is 18.2 Å². The minimum Gasteiger partial charge on any atom is -0.482 e. The van der Waals surface area contributed by atoms with Crippen LogP contribution in [0.15, 0.2) is 47.5 Å². The summed E-state index contributed by atoms with van der Waals surface area (Å²) < 4.78 is 6.86. The molecular weight excluding hydrogens is 462 g/mol. The van der Waals surface area contributed by atoms with Crippen molar-refractivity contribution in [3.05, 3.63) is 74.6 Å². The van der Waals surface area contributed by atoms with Crippen LogP contribution in [0, 0.1) is 20.8 Å². The van der Waals surface area contributed by atoms with E-state index in [1.807, 2.05) is 19.9 Å². The van der Waals surface area contributed by atoms with Crippen molar-refractivity contribution in [2.75, 3.05) is 18.1 Å². The number of carbonyl (C=O) groups is 2. The number of carbonyl (C=O) groups excluding carboxylic acids is 2. The van der Waals surface area contributed by atoms with Crippen LogP contribution in [0.1, 0.15) is 33.3 Å². The molecule has 0 saturated heterocycles. The van der Waals surface area contributed by atoms with Crippen molar-refractivity contribution >= 4 is 38.9 Å². The summed E-state index contributed by atoms with van der Waals surface area (Å²) in [5, 5.41) is 0.535. The van der Waals surface area contributed by atoms with E-state index in [4.69, 9.17) is 4.74 Å². The summed E-state index contributed by atoms with van der Waals surface area (Å²) in [6, 6.07) is 11.2. The smallest absolute Gasteiger partial charge is 0.265 e. The van der Waals surface area contributed by atoms with Crippen molar-refractivity contribution in [1.82, 2.24) is 9.55 Å².